The van der Waals surface area contributed by atoms with Crippen LogP contribution >= 0.6 is 11.6 Å². The summed E-state index contributed by atoms with van der Waals surface area (Å²) in [6, 6.07) is 5.84. The Labute approximate surface area is 99.1 Å². The van der Waals surface area contributed by atoms with Crippen LogP contribution in [0.15, 0.2) is 24.8 Å². The second-order valence-electron chi connectivity index (χ2n) is 3.76. The van der Waals surface area contributed by atoms with Crippen molar-refractivity contribution in [2.75, 3.05) is 0 Å². The summed E-state index contributed by atoms with van der Waals surface area (Å²) < 4.78 is 1.82. The first-order chi connectivity index (χ1) is 7.56. The molecule has 0 radical (unpaired) electrons. The number of benzene rings is 1. The molecule has 0 spiro atoms. The van der Waals surface area contributed by atoms with Gasteiger partial charge in [0.2, 0.25) is 0 Å². The number of aryl methyl sites for hydroxylation is 1. The molecule has 82 valence electrons. The van der Waals surface area contributed by atoms with E-state index in [2.05, 4.69) is 6.58 Å². The number of hydrogen-bond donors (Lipinski definition) is 0. The number of nitrogens with zero attached hydrogens (tertiary/aromatic N) is 1. The number of Topliss-reactive ketones (excluding diaryl/α,β-unsaturated/α-hetero) is 1. The third-order valence-corrected chi connectivity index (χ3v) is 3.18. The average molecular weight is 234 g/mol. The molecule has 0 unspecified atom stereocenters. The molecule has 1 aromatic heterocycles. The Morgan fingerprint density at radius 1 is 1.50 bits per heavy atom. The topological polar surface area (TPSA) is 22.0 Å². The molecule has 16 heavy (non-hydrogen) atoms. The monoisotopic (exact) mass is 233 g/mol. The third kappa shape index (κ3) is 1.46. The number of halogens is 1. The van der Waals surface area contributed by atoms with Gasteiger partial charge in [0, 0.05) is 18.0 Å². The minimum Gasteiger partial charge on any atom is -0.334 e. The van der Waals surface area contributed by atoms with Gasteiger partial charge in [-0.05, 0) is 24.6 Å². The molecule has 0 bridgehead atoms. The van der Waals surface area contributed by atoms with E-state index in [9.17, 15) is 4.79 Å². The minimum absolute atomic E-state index is 0.0168. The van der Waals surface area contributed by atoms with Crippen molar-refractivity contribution < 1.29 is 4.79 Å². The third-order valence-electron chi connectivity index (χ3n) is 2.74. The van der Waals surface area contributed by atoms with Gasteiger partial charge in [0.15, 0.2) is 5.78 Å². The van der Waals surface area contributed by atoms with Crippen LogP contribution in [-0.4, -0.2) is 10.4 Å². The molecule has 0 fully saturated rings. The molecule has 2 rings (SSSR count). The van der Waals surface area contributed by atoms with Crippen LogP contribution in [0.4, 0.5) is 0 Å². The van der Waals surface area contributed by atoms with E-state index in [1.54, 1.807) is 6.08 Å². The number of hydrogen-bond acceptors (Lipinski definition) is 1. The highest BCUT2D eigenvalue weighted by atomic mass is 35.5. The zero-order chi connectivity index (χ0) is 11.9. The SMILES string of the molecule is C=Cc1ccc2c(c1)c(C(C)=O)c(Cl)n2C. The summed E-state index contributed by atoms with van der Waals surface area (Å²) in [5.74, 6) is -0.0168. The maximum absolute atomic E-state index is 11.6. The Morgan fingerprint density at radius 2 is 2.19 bits per heavy atom. The standard InChI is InChI=1S/C13H12ClNO/c1-4-9-5-6-11-10(7-9)12(8(2)16)13(14)15(11)3/h4-7H,1H2,2-3H3. The van der Waals surface area contributed by atoms with Gasteiger partial charge in [-0.25, -0.2) is 0 Å². The Balaban J connectivity index is 2.92. The number of carbonyl (C=O) groups is 1. The second-order valence-corrected chi connectivity index (χ2v) is 4.12. The molecule has 0 saturated carbocycles. The van der Waals surface area contributed by atoms with E-state index < -0.39 is 0 Å². The van der Waals surface area contributed by atoms with Crippen LogP contribution in [0.3, 0.4) is 0 Å². The van der Waals surface area contributed by atoms with E-state index in [-0.39, 0.29) is 5.78 Å². The fraction of sp³-hybridized carbons (Fsp3) is 0.154. The first-order valence-electron chi connectivity index (χ1n) is 4.97. The maximum Gasteiger partial charge on any atom is 0.163 e. The fourth-order valence-corrected chi connectivity index (χ4v) is 2.22. The van der Waals surface area contributed by atoms with Crippen LogP contribution in [0.2, 0.25) is 5.15 Å². The minimum atomic E-state index is -0.0168. The van der Waals surface area contributed by atoms with Crippen molar-refractivity contribution >= 4 is 34.4 Å². The number of aromatic nitrogens is 1. The van der Waals surface area contributed by atoms with Gasteiger partial charge < -0.3 is 4.57 Å². The molecule has 0 saturated heterocycles. The summed E-state index contributed by atoms with van der Waals surface area (Å²) in [5, 5.41) is 1.38. The van der Waals surface area contributed by atoms with Crippen molar-refractivity contribution in [3.63, 3.8) is 0 Å². The van der Waals surface area contributed by atoms with Crippen LogP contribution in [0, 0.1) is 0 Å². The van der Waals surface area contributed by atoms with Crippen molar-refractivity contribution in [1.29, 1.82) is 0 Å². The van der Waals surface area contributed by atoms with E-state index in [4.69, 9.17) is 11.6 Å². The lowest BCUT2D eigenvalue weighted by Crippen LogP contribution is -1.92. The molecular weight excluding hydrogens is 222 g/mol. The molecule has 1 aromatic carbocycles. The summed E-state index contributed by atoms with van der Waals surface area (Å²) in [4.78, 5) is 11.6. The van der Waals surface area contributed by atoms with Crippen molar-refractivity contribution in [3.05, 3.63) is 41.1 Å². The smallest absolute Gasteiger partial charge is 0.163 e. The van der Waals surface area contributed by atoms with Crippen molar-refractivity contribution in [1.82, 2.24) is 4.57 Å². The lowest BCUT2D eigenvalue weighted by Gasteiger charge is -1.97. The highest BCUT2D eigenvalue weighted by molar-refractivity contribution is 6.35. The van der Waals surface area contributed by atoms with E-state index >= 15 is 0 Å². The normalized spacial score (nSPS) is 10.7. The van der Waals surface area contributed by atoms with E-state index in [1.807, 2.05) is 29.8 Å². The zero-order valence-electron chi connectivity index (χ0n) is 9.25. The van der Waals surface area contributed by atoms with Crippen molar-refractivity contribution in [3.8, 4) is 0 Å². The Hall–Kier alpha value is -1.54. The molecule has 3 heteroatoms. The van der Waals surface area contributed by atoms with Crippen LogP contribution in [0.25, 0.3) is 17.0 Å². The summed E-state index contributed by atoms with van der Waals surface area (Å²) in [6.07, 6.45) is 1.75. The highest BCUT2D eigenvalue weighted by Gasteiger charge is 2.16. The predicted molar refractivity (Wildman–Crippen MR) is 68.0 cm³/mol. The van der Waals surface area contributed by atoms with Crippen LogP contribution in [-0.2, 0) is 7.05 Å². The van der Waals surface area contributed by atoms with E-state index in [0.29, 0.717) is 10.7 Å². The summed E-state index contributed by atoms with van der Waals surface area (Å²) in [6.45, 7) is 5.25. The quantitative estimate of drug-likeness (QED) is 0.726. The number of ketones is 1. The number of fused-ring (bicyclic) bond motifs is 1. The molecule has 1 heterocycles. The van der Waals surface area contributed by atoms with Gasteiger partial charge in [0.25, 0.3) is 0 Å². The van der Waals surface area contributed by atoms with Crippen molar-refractivity contribution in [2.45, 2.75) is 6.92 Å². The van der Waals surface area contributed by atoms with Gasteiger partial charge in [0.1, 0.15) is 5.15 Å². The molecule has 0 aliphatic heterocycles. The number of carbonyl (C=O) groups excluding carboxylic acids is 1. The Bertz CT molecular complexity index is 595. The first-order valence-corrected chi connectivity index (χ1v) is 5.35. The van der Waals surface area contributed by atoms with Gasteiger partial charge in [-0.3, -0.25) is 4.79 Å². The molecule has 2 aromatic rings. The lowest BCUT2D eigenvalue weighted by atomic mass is 10.1. The van der Waals surface area contributed by atoms with Gasteiger partial charge in [-0.2, -0.15) is 0 Å². The zero-order valence-corrected chi connectivity index (χ0v) is 10.0. The molecule has 0 amide bonds. The summed E-state index contributed by atoms with van der Waals surface area (Å²) in [7, 11) is 1.85. The molecule has 0 aliphatic carbocycles. The summed E-state index contributed by atoms with van der Waals surface area (Å²) >= 11 is 6.14. The predicted octanol–water partition coefficient (Wildman–Crippen LogP) is 3.68. The van der Waals surface area contributed by atoms with Crippen molar-refractivity contribution in [2.24, 2.45) is 7.05 Å². The molecule has 0 atom stereocenters. The second kappa shape index (κ2) is 3.80. The van der Waals surface area contributed by atoms with Crippen LogP contribution in [0.5, 0.6) is 0 Å². The van der Waals surface area contributed by atoms with E-state index in [0.717, 1.165) is 16.5 Å². The van der Waals surface area contributed by atoms with Gasteiger partial charge in [0.05, 0.1) is 5.56 Å². The number of rotatable bonds is 2. The Kier molecular flexibility index (Phi) is 2.60. The molecular formula is C13H12ClNO. The van der Waals surface area contributed by atoms with Gasteiger partial charge >= 0.3 is 0 Å². The Morgan fingerprint density at radius 3 is 2.75 bits per heavy atom. The average Bonchev–Trinajstić information content (AvgIpc) is 2.51. The molecule has 2 nitrogen and oxygen atoms in total. The highest BCUT2D eigenvalue weighted by Crippen LogP contribution is 2.30. The van der Waals surface area contributed by atoms with Gasteiger partial charge in [-0.1, -0.05) is 30.3 Å². The maximum atomic E-state index is 11.6. The van der Waals surface area contributed by atoms with Crippen LogP contribution < -0.4 is 0 Å². The molecule has 0 N–H and O–H groups in total. The van der Waals surface area contributed by atoms with E-state index in [1.165, 1.54) is 6.92 Å². The largest absolute Gasteiger partial charge is 0.334 e. The van der Waals surface area contributed by atoms with Crippen LogP contribution in [0.1, 0.15) is 22.8 Å². The first kappa shape index (κ1) is 11.0. The summed E-state index contributed by atoms with van der Waals surface area (Å²) in [5.41, 5.74) is 2.53. The lowest BCUT2D eigenvalue weighted by molar-refractivity contribution is 0.101. The fourth-order valence-electron chi connectivity index (χ4n) is 1.89. The molecule has 0 aliphatic rings. The van der Waals surface area contributed by atoms with Gasteiger partial charge in [-0.15, -0.1) is 0 Å².